The predicted molar refractivity (Wildman–Crippen MR) is 65.3 cm³/mol. The maximum atomic E-state index is 13.0. The summed E-state index contributed by atoms with van der Waals surface area (Å²) < 4.78 is 55.8. The van der Waals surface area contributed by atoms with Crippen molar-refractivity contribution in [2.24, 2.45) is 0 Å². The van der Waals surface area contributed by atoms with Crippen LogP contribution in [0.2, 0.25) is 0 Å². The second-order valence-electron chi connectivity index (χ2n) is 3.85. The molecular formula is C11H15F2NO3S. The van der Waals surface area contributed by atoms with E-state index in [1.54, 1.807) is 11.8 Å². The molecule has 1 aromatic carbocycles. The van der Waals surface area contributed by atoms with E-state index in [9.17, 15) is 17.2 Å². The molecule has 0 spiro atoms. The summed E-state index contributed by atoms with van der Waals surface area (Å²) in [6.07, 6.45) is 0.185. The van der Waals surface area contributed by atoms with Crippen LogP contribution in [0, 0.1) is 11.6 Å². The lowest BCUT2D eigenvalue weighted by atomic mass is 10.2. The third-order valence-corrected chi connectivity index (χ3v) is 3.23. The van der Waals surface area contributed by atoms with Crippen LogP contribution in [0.15, 0.2) is 18.2 Å². The maximum Gasteiger partial charge on any atom is 0.264 e. The van der Waals surface area contributed by atoms with Crippen LogP contribution in [0.4, 0.5) is 14.5 Å². The molecule has 0 unspecified atom stereocenters. The van der Waals surface area contributed by atoms with Crippen molar-refractivity contribution in [2.45, 2.75) is 13.3 Å². The average Bonchev–Trinajstić information content (AvgIpc) is 2.21. The van der Waals surface area contributed by atoms with Crippen LogP contribution in [0.3, 0.4) is 0 Å². The van der Waals surface area contributed by atoms with Crippen molar-refractivity contribution >= 4 is 15.8 Å². The summed E-state index contributed by atoms with van der Waals surface area (Å²) in [7, 11) is -4.00. The van der Waals surface area contributed by atoms with Crippen molar-refractivity contribution in [2.75, 3.05) is 23.7 Å². The second kappa shape index (κ2) is 6.10. The average molecular weight is 279 g/mol. The van der Waals surface area contributed by atoms with Crippen LogP contribution in [-0.4, -0.2) is 31.8 Å². The summed E-state index contributed by atoms with van der Waals surface area (Å²) in [5, 5.41) is 0. The normalized spacial score (nSPS) is 11.6. The molecule has 0 aliphatic rings. The van der Waals surface area contributed by atoms with Gasteiger partial charge in [-0.1, -0.05) is 0 Å². The highest BCUT2D eigenvalue weighted by atomic mass is 32.2. The Hall–Kier alpha value is -1.21. The van der Waals surface area contributed by atoms with E-state index in [0.29, 0.717) is 18.8 Å². The van der Waals surface area contributed by atoms with Gasteiger partial charge in [-0.05, 0) is 25.5 Å². The Labute approximate surface area is 105 Å². The Kier molecular flexibility index (Phi) is 5.03. The van der Waals surface area contributed by atoms with Crippen LogP contribution in [0.25, 0.3) is 0 Å². The molecule has 0 atom stereocenters. The molecule has 0 saturated carbocycles. The van der Waals surface area contributed by atoms with Gasteiger partial charge in [-0.25, -0.2) is 8.78 Å². The standard InChI is InChI=1S/C11H15F2NO3S/c1-2-14(4-3-5-18(15,16)17)11-7-9(12)6-10(13)8-11/h6-8H,2-5H2,1H3,(H,15,16,17). The lowest BCUT2D eigenvalue weighted by Gasteiger charge is -2.22. The van der Waals surface area contributed by atoms with E-state index in [1.807, 2.05) is 0 Å². The largest absolute Gasteiger partial charge is 0.372 e. The lowest BCUT2D eigenvalue weighted by Crippen LogP contribution is -2.25. The molecule has 1 N–H and O–H groups in total. The van der Waals surface area contributed by atoms with Gasteiger partial charge in [0, 0.05) is 24.8 Å². The summed E-state index contributed by atoms with van der Waals surface area (Å²) in [6.45, 7) is 2.56. The van der Waals surface area contributed by atoms with Gasteiger partial charge in [-0.15, -0.1) is 0 Å². The number of halogens is 2. The van der Waals surface area contributed by atoms with Crippen molar-refractivity contribution in [3.05, 3.63) is 29.8 Å². The van der Waals surface area contributed by atoms with Crippen molar-refractivity contribution < 1.29 is 21.8 Å². The molecule has 0 amide bonds. The molecule has 1 rings (SSSR count). The molecule has 0 fully saturated rings. The van der Waals surface area contributed by atoms with Gasteiger partial charge in [0.05, 0.1) is 5.75 Å². The Morgan fingerprint density at radius 3 is 2.22 bits per heavy atom. The van der Waals surface area contributed by atoms with Crippen LogP contribution in [0.5, 0.6) is 0 Å². The van der Waals surface area contributed by atoms with Gasteiger partial charge in [0.15, 0.2) is 0 Å². The minimum Gasteiger partial charge on any atom is -0.372 e. The van der Waals surface area contributed by atoms with E-state index in [2.05, 4.69) is 0 Å². The fourth-order valence-electron chi connectivity index (χ4n) is 1.63. The summed E-state index contributed by atoms with van der Waals surface area (Å²) in [5.41, 5.74) is 0.352. The van der Waals surface area contributed by atoms with Gasteiger partial charge in [-0.3, -0.25) is 4.55 Å². The third-order valence-electron chi connectivity index (χ3n) is 2.42. The Morgan fingerprint density at radius 2 is 1.78 bits per heavy atom. The van der Waals surface area contributed by atoms with Crippen LogP contribution >= 0.6 is 0 Å². The third kappa shape index (κ3) is 4.97. The monoisotopic (exact) mass is 279 g/mol. The molecule has 4 nitrogen and oxygen atoms in total. The molecule has 1 aromatic rings. The SMILES string of the molecule is CCN(CCCS(=O)(=O)O)c1cc(F)cc(F)c1. The zero-order valence-corrected chi connectivity index (χ0v) is 10.8. The Balaban J connectivity index is 2.71. The van der Waals surface area contributed by atoms with Gasteiger partial charge in [0.2, 0.25) is 0 Å². The molecule has 0 radical (unpaired) electrons. The molecule has 0 saturated heterocycles. The van der Waals surface area contributed by atoms with Crippen LogP contribution in [-0.2, 0) is 10.1 Å². The van der Waals surface area contributed by atoms with Gasteiger partial charge in [0.1, 0.15) is 11.6 Å². The molecule has 7 heteroatoms. The molecule has 0 heterocycles. The zero-order chi connectivity index (χ0) is 13.8. The summed E-state index contributed by atoms with van der Waals surface area (Å²) in [5.74, 6) is -1.74. The summed E-state index contributed by atoms with van der Waals surface area (Å²) >= 11 is 0. The molecule has 102 valence electrons. The first kappa shape index (κ1) is 14.8. The minimum atomic E-state index is -4.00. The van der Waals surface area contributed by atoms with E-state index in [1.165, 1.54) is 12.1 Å². The summed E-state index contributed by atoms with van der Waals surface area (Å²) in [4.78, 5) is 1.64. The van der Waals surface area contributed by atoms with Gasteiger partial charge >= 0.3 is 0 Å². The first-order chi connectivity index (χ1) is 8.31. The van der Waals surface area contributed by atoms with E-state index in [-0.39, 0.29) is 12.2 Å². The maximum absolute atomic E-state index is 13.0. The molecular weight excluding hydrogens is 264 g/mol. The van der Waals surface area contributed by atoms with Gasteiger partial charge < -0.3 is 4.90 Å². The number of benzene rings is 1. The fraction of sp³-hybridized carbons (Fsp3) is 0.455. The number of hydrogen-bond acceptors (Lipinski definition) is 3. The van der Waals surface area contributed by atoms with E-state index in [0.717, 1.165) is 6.07 Å². The number of anilines is 1. The molecule has 18 heavy (non-hydrogen) atoms. The highest BCUT2D eigenvalue weighted by Gasteiger charge is 2.10. The molecule has 0 bridgehead atoms. The number of rotatable bonds is 6. The van der Waals surface area contributed by atoms with Crippen molar-refractivity contribution in [1.29, 1.82) is 0 Å². The topological polar surface area (TPSA) is 57.6 Å². The summed E-state index contributed by atoms with van der Waals surface area (Å²) in [6, 6.07) is 3.13. The second-order valence-corrected chi connectivity index (χ2v) is 5.42. The quantitative estimate of drug-likeness (QED) is 0.810. The molecule has 0 aliphatic carbocycles. The first-order valence-corrected chi connectivity index (χ1v) is 7.09. The van der Waals surface area contributed by atoms with E-state index >= 15 is 0 Å². The Bertz CT molecular complexity index is 485. The van der Waals surface area contributed by atoms with Gasteiger partial charge in [-0.2, -0.15) is 8.42 Å². The lowest BCUT2D eigenvalue weighted by molar-refractivity contribution is 0.481. The Morgan fingerprint density at radius 1 is 1.22 bits per heavy atom. The fourth-order valence-corrected chi connectivity index (χ4v) is 2.12. The smallest absolute Gasteiger partial charge is 0.264 e. The van der Waals surface area contributed by atoms with Crippen molar-refractivity contribution in [3.8, 4) is 0 Å². The molecule has 0 aromatic heterocycles. The predicted octanol–water partition coefficient (Wildman–Crippen LogP) is 2.07. The van der Waals surface area contributed by atoms with Gasteiger partial charge in [0.25, 0.3) is 10.1 Å². The number of hydrogen-bond donors (Lipinski definition) is 1. The highest BCUT2D eigenvalue weighted by Crippen LogP contribution is 2.18. The minimum absolute atomic E-state index is 0.185. The number of nitrogens with zero attached hydrogens (tertiary/aromatic N) is 1. The first-order valence-electron chi connectivity index (χ1n) is 5.48. The zero-order valence-electron chi connectivity index (χ0n) is 9.94. The van der Waals surface area contributed by atoms with Crippen molar-refractivity contribution in [3.63, 3.8) is 0 Å². The molecule has 0 aliphatic heterocycles. The van der Waals surface area contributed by atoms with Crippen LogP contribution < -0.4 is 4.90 Å². The highest BCUT2D eigenvalue weighted by molar-refractivity contribution is 7.85. The van der Waals surface area contributed by atoms with E-state index in [4.69, 9.17) is 4.55 Å². The van der Waals surface area contributed by atoms with Crippen molar-refractivity contribution in [1.82, 2.24) is 0 Å². The van der Waals surface area contributed by atoms with Crippen LogP contribution in [0.1, 0.15) is 13.3 Å². The van der Waals surface area contributed by atoms with E-state index < -0.39 is 21.8 Å².